The van der Waals surface area contributed by atoms with Crippen LogP contribution < -0.4 is 9.47 Å². The van der Waals surface area contributed by atoms with Gasteiger partial charge in [-0.1, -0.05) is 18.2 Å². The maximum atomic E-state index is 14.9. The summed E-state index contributed by atoms with van der Waals surface area (Å²) in [6.07, 6.45) is 0. The molecular weight excluding hydrogens is 443 g/mol. The first-order valence-electron chi connectivity index (χ1n) is 11.0. The van der Waals surface area contributed by atoms with Gasteiger partial charge in [0.15, 0.2) is 11.5 Å². The molecule has 0 saturated carbocycles. The number of carbonyl (C=O) groups is 2. The van der Waals surface area contributed by atoms with E-state index in [1.807, 2.05) is 0 Å². The number of amides is 1. The summed E-state index contributed by atoms with van der Waals surface area (Å²) in [4.78, 5) is 29.7. The summed E-state index contributed by atoms with van der Waals surface area (Å²) in [6.45, 7) is 3.30. The molecule has 2 aliphatic rings. The van der Waals surface area contributed by atoms with Gasteiger partial charge in [-0.25, -0.2) is 4.39 Å². The number of hydrogen-bond acceptors (Lipinski definition) is 7. The number of ether oxygens (including phenoxy) is 3. The second-order valence-corrected chi connectivity index (χ2v) is 8.04. The Kier molecular flexibility index (Phi) is 7.14. The highest BCUT2D eigenvalue weighted by Crippen LogP contribution is 2.41. The molecule has 4 rings (SSSR count). The van der Waals surface area contributed by atoms with E-state index in [0.717, 1.165) is 0 Å². The topological polar surface area (TPSA) is 88.5 Å². The summed E-state index contributed by atoms with van der Waals surface area (Å²) >= 11 is 0. The lowest BCUT2D eigenvalue weighted by Crippen LogP contribution is -2.42. The Morgan fingerprint density at radius 3 is 2.44 bits per heavy atom. The van der Waals surface area contributed by atoms with E-state index in [4.69, 9.17) is 14.2 Å². The van der Waals surface area contributed by atoms with Crippen molar-refractivity contribution in [2.45, 2.75) is 6.04 Å². The van der Waals surface area contributed by atoms with Crippen molar-refractivity contribution in [3.05, 3.63) is 65.0 Å². The summed E-state index contributed by atoms with van der Waals surface area (Å²) in [6, 6.07) is 9.55. The van der Waals surface area contributed by atoms with Gasteiger partial charge in [-0.3, -0.25) is 14.5 Å². The fraction of sp³-hybridized carbons (Fsp3) is 0.360. The van der Waals surface area contributed by atoms with Gasteiger partial charge in [0.25, 0.3) is 11.7 Å². The Labute approximate surface area is 197 Å². The molecular formula is C25H27FN2O6. The van der Waals surface area contributed by atoms with Crippen LogP contribution in [0, 0.1) is 5.82 Å². The molecule has 0 spiro atoms. The molecule has 34 heavy (non-hydrogen) atoms. The number of ketones is 1. The Morgan fingerprint density at radius 1 is 1.06 bits per heavy atom. The first-order chi connectivity index (χ1) is 16.5. The monoisotopic (exact) mass is 470 g/mol. The predicted molar refractivity (Wildman–Crippen MR) is 122 cm³/mol. The normalized spacial score (nSPS) is 20.6. The summed E-state index contributed by atoms with van der Waals surface area (Å²) in [5, 5.41) is 11.2. The van der Waals surface area contributed by atoms with Gasteiger partial charge in [0, 0.05) is 37.3 Å². The number of aliphatic hydroxyl groups is 1. The molecule has 2 fully saturated rings. The first kappa shape index (κ1) is 23.7. The van der Waals surface area contributed by atoms with Crippen molar-refractivity contribution in [2.75, 3.05) is 53.6 Å². The molecule has 1 amide bonds. The number of nitrogens with zero attached hydrogens (tertiary/aromatic N) is 2. The third-order valence-corrected chi connectivity index (χ3v) is 6.16. The third-order valence-electron chi connectivity index (χ3n) is 6.16. The van der Waals surface area contributed by atoms with Crippen LogP contribution in [-0.2, 0) is 14.3 Å². The number of carbonyl (C=O) groups excluding carboxylic acids is 2. The minimum absolute atomic E-state index is 0.144. The molecule has 2 aromatic rings. The zero-order valence-electron chi connectivity index (χ0n) is 19.1. The van der Waals surface area contributed by atoms with E-state index in [2.05, 4.69) is 4.90 Å². The van der Waals surface area contributed by atoms with Crippen molar-refractivity contribution < 1.29 is 33.3 Å². The number of morpholine rings is 1. The third kappa shape index (κ3) is 4.49. The highest BCUT2D eigenvalue weighted by Gasteiger charge is 2.47. The number of likely N-dealkylation sites (tertiary alicyclic amines) is 1. The van der Waals surface area contributed by atoms with Crippen LogP contribution in [0.1, 0.15) is 17.2 Å². The van der Waals surface area contributed by atoms with Crippen LogP contribution in [-0.4, -0.2) is 80.2 Å². The zero-order chi connectivity index (χ0) is 24.2. The van der Waals surface area contributed by atoms with E-state index in [0.29, 0.717) is 44.3 Å². The summed E-state index contributed by atoms with van der Waals surface area (Å²) in [5.41, 5.74) is 0.236. The van der Waals surface area contributed by atoms with Gasteiger partial charge in [-0.2, -0.15) is 0 Å². The molecule has 2 heterocycles. The average molecular weight is 470 g/mol. The highest BCUT2D eigenvalue weighted by atomic mass is 19.1. The lowest BCUT2D eigenvalue weighted by Gasteiger charge is -2.31. The number of halogens is 1. The average Bonchev–Trinajstić information content (AvgIpc) is 3.12. The molecule has 8 nitrogen and oxygen atoms in total. The van der Waals surface area contributed by atoms with Crippen LogP contribution in [0.3, 0.4) is 0 Å². The standard InChI is InChI=1S/C25H27FN2O6/c1-32-19-8-7-16(15-20(19)33-2)23(29)21-22(17-5-3-4-6-18(17)26)28(25(31)24(21)30)10-9-27-11-13-34-14-12-27/h3-8,15,22,29H,9-14H2,1-2H3/b23-21+/t22-/m0/s1. The fourth-order valence-corrected chi connectivity index (χ4v) is 4.34. The molecule has 0 aromatic heterocycles. The minimum atomic E-state index is -1.06. The molecule has 2 aliphatic heterocycles. The van der Waals surface area contributed by atoms with Gasteiger partial charge in [0.05, 0.1) is 39.0 Å². The van der Waals surface area contributed by atoms with Gasteiger partial charge >= 0.3 is 0 Å². The van der Waals surface area contributed by atoms with Crippen LogP contribution in [0.4, 0.5) is 4.39 Å². The van der Waals surface area contributed by atoms with E-state index in [1.165, 1.54) is 43.4 Å². The minimum Gasteiger partial charge on any atom is -0.507 e. The van der Waals surface area contributed by atoms with E-state index >= 15 is 0 Å². The predicted octanol–water partition coefficient (Wildman–Crippen LogP) is 2.60. The van der Waals surface area contributed by atoms with E-state index in [9.17, 15) is 19.1 Å². The molecule has 0 aliphatic carbocycles. The van der Waals surface area contributed by atoms with Gasteiger partial charge in [-0.15, -0.1) is 0 Å². The summed E-state index contributed by atoms with van der Waals surface area (Å²) < 4.78 is 30.8. The summed E-state index contributed by atoms with van der Waals surface area (Å²) in [7, 11) is 2.93. The van der Waals surface area contributed by atoms with E-state index in [1.54, 1.807) is 18.2 Å². The Balaban J connectivity index is 1.77. The van der Waals surface area contributed by atoms with Crippen molar-refractivity contribution >= 4 is 17.4 Å². The largest absolute Gasteiger partial charge is 0.507 e. The molecule has 2 saturated heterocycles. The van der Waals surface area contributed by atoms with Gasteiger partial charge in [-0.05, 0) is 24.3 Å². The van der Waals surface area contributed by atoms with Gasteiger partial charge in [0.1, 0.15) is 11.6 Å². The van der Waals surface area contributed by atoms with E-state index in [-0.39, 0.29) is 23.2 Å². The number of methoxy groups -OCH3 is 2. The Bertz CT molecular complexity index is 1110. The molecule has 2 aromatic carbocycles. The lowest BCUT2D eigenvalue weighted by atomic mass is 9.95. The van der Waals surface area contributed by atoms with Gasteiger partial charge < -0.3 is 24.2 Å². The van der Waals surface area contributed by atoms with Gasteiger partial charge in [0.2, 0.25) is 0 Å². The number of aliphatic hydroxyl groups excluding tert-OH is 1. The van der Waals surface area contributed by atoms with Crippen molar-refractivity contribution in [2.24, 2.45) is 0 Å². The van der Waals surface area contributed by atoms with Crippen molar-refractivity contribution in [1.82, 2.24) is 9.80 Å². The van der Waals surface area contributed by atoms with Crippen LogP contribution in [0.2, 0.25) is 0 Å². The van der Waals surface area contributed by atoms with Crippen LogP contribution >= 0.6 is 0 Å². The number of hydrogen-bond donors (Lipinski definition) is 1. The smallest absolute Gasteiger partial charge is 0.295 e. The molecule has 9 heteroatoms. The summed E-state index contributed by atoms with van der Waals surface area (Å²) in [5.74, 6) is -1.82. The maximum Gasteiger partial charge on any atom is 0.295 e. The lowest BCUT2D eigenvalue weighted by molar-refractivity contribution is -0.140. The molecule has 0 bridgehead atoms. The van der Waals surface area contributed by atoms with Crippen molar-refractivity contribution in [3.63, 3.8) is 0 Å². The first-order valence-corrected chi connectivity index (χ1v) is 11.0. The Morgan fingerprint density at radius 2 is 1.76 bits per heavy atom. The molecule has 0 unspecified atom stereocenters. The van der Waals surface area contributed by atoms with Crippen molar-refractivity contribution in [1.29, 1.82) is 0 Å². The van der Waals surface area contributed by atoms with E-state index < -0.39 is 29.3 Å². The van der Waals surface area contributed by atoms with Crippen LogP contribution in [0.5, 0.6) is 11.5 Å². The SMILES string of the molecule is COc1ccc(/C(O)=C2\C(=O)C(=O)N(CCN3CCOCC3)[C@H]2c2ccccc2F)cc1OC. The molecule has 1 atom stereocenters. The fourth-order valence-electron chi connectivity index (χ4n) is 4.34. The Hall–Kier alpha value is -3.43. The van der Waals surface area contributed by atoms with Crippen LogP contribution in [0.15, 0.2) is 48.0 Å². The quantitative estimate of drug-likeness (QED) is 0.378. The highest BCUT2D eigenvalue weighted by molar-refractivity contribution is 6.46. The molecule has 1 N–H and O–H groups in total. The van der Waals surface area contributed by atoms with Crippen molar-refractivity contribution in [3.8, 4) is 11.5 Å². The number of rotatable bonds is 7. The number of Topliss-reactive ketones (excluding diaryl/α,β-unsaturated/α-hetero) is 1. The number of benzene rings is 2. The van der Waals surface area contributed by atoms with Crippen LogP contribution in [0.25, 0.3) is 5.76 Å². The zero-order valence-corrected chi connectivity index (χ0v) is 19.1. The second kappa shape index (κ2) is 10.2. The second-order valence-electron chi connectivity index (χ2n) is 8.04. The molecule has 180 valence electrons. The maximum absolute atomic E-state index is 14.9. The molecule has 0 radical (unpaired) electrons.